The molecule has 0 aliphatic carbocycles. The topological polar surface area (TPSA) is 39.7 Å². The molecule has 0 aromatic rings. The molecule has 4 nitrogen and oxygen atoms in total. The van der Waals surface area contributed by atoms with Gasteiger partial charge in [-0.1, -0.05) is 26.2 Å². The van der Waals surface area contributed by atoms with E-state index in [0.29, 0.717) is 6.04 Å². The first-order valence-corrected chi connectivity index (χ1v) is 7.22. The predicted molar refractivity (Wildman–Crippen MR) is 96.7 cm³/mol. The van der Waals surface area contributed by atoms with Gasteiger partial charge in [0.2, 0.25) is 0 Å². The summed E-state index contributed by atoms with van der Waals surface area (Å²) >= 11 is 0. The van der Waals surface area contributed by atoms with Crippen LogP contribution in [0.1, 0.15) is 46.0 Å². The molecule has 0 aromatic carbocycles. The Morgan fingerprint density at radius 1 is 1.21 bits per heavy atom. The number of nitrogens with zero attached hydrogens (tertiary/aromatic N) is 2. The molecule has 0 heterocycles. The lowest BCUT2D eigenvalue weighted by Gasteiger charge is -2.18. The van der Waals surface area contributed by atoms with Gasteiger partial charge in [-0.25, -0.2) is 0 Å². The zero-order valence-electron chi connectivity index (χ0n) is 13.3. The van der Waals surface area contributed by atoms with Crippen molar-refractivity contribution in [3.63, 3.8) is 0 Å². The zero-order chi connectivity index (χ0) is 13.8. The second kappa shape index (κ2) is 14.4. The minimum atomic E-state index is 0. The van der Waals surface area contributed by atoms with Gasteiger partial charge in [0, 0.05) is 19.6 Å². The summed E-state index contributed by atoms with van der Waals surface area (Å²) in [5, 5.41) is 6.80. The number of unbranched alkanes of at least 4 members (excludes halogenated alkanes) is 2. The summed E-state index contributed by atoms with van der Waals surface area (Å²) in [6.45, 7) is 6.54. The Hall–Kier alpha value is -0.0400. The van der Waals surface area contributed by atoms with E-state index in [1.807, 2.05) is 7.05 Å². The van der Waals surface area contributed by atoms with Crippen molar-refractivity contribution in [2.24, 2.45) is 4.99 Å². The first-order valence-electron chi connectivity index (χ1n) is 7.22. The lowest BCUT2D eigenvalue weighted by atomic mass is 10.1. The maximum atomic E-state index is 4.25. The molecule has 0 aliphatic rings. The molecule has 0 saturated heterocycles. The maximum absolute atomic E-state index is 4.25. The normalized spacial score (nSPS) is 13.1. The lowest BCUT2D eigenvalue weighted by molar-refractivity contribution is 0.399. The molecule has 2 N–H and O–H groups in total. The van der Waals surface area contributed by atoms with Crippen molar-refractivity contribution >= 4 is 29.9 Å². The number of halogens is 1. The fraction of sp³-hybridized carbons (Fsp3) is 0.929. The molecular weight excluding hydrogens is 351 g/mol. The largest absolute Gasteiger partial charge is 0.356 e. The summed E-state index contributed by atoms with van der Waals surface area (Å²) in [7, 11) is 6.03. The van der Waals surface area contributed by atoms with Crippen molar-refractivity contribution in [2.45, 2.75) is 52.0 Å². The summed E-state index contributed by atoms with van der Waals surface area (Å²) in [4.78, 5) is 6.45. The molecule has 0 amide bonds. The van der Waals surface area contributed by atoms with Crippen molar-refractivity contribution in [1.29, 1.82) is 0 Å². The number of hydrogen-bond donors (Lipinski definition) is 2. The first kappa shape index (κ1) is 21.3. The molecule has 19 heavy (non-hydrogen) atoms. The van der Waals surface area contributed by atoms with Gasteiger partial charge in [-0.3, -0.25) is 4.99 Å². The molecule has 0 bridgehead atoms. The number of rotatable bonds is 9. The van der Waals surface area contributed by atoms with Crippen molar-refractivity contribution < 1.29 is 0 Å². The van der Waals surface area contributed by atoms with Gasteiger partial charge in [0.1, 0.15) is 0 Å². The minimum Gasteiger partial charge on any atom is -0.356 e. The van der Waals surface area contributed by atoms with Gasteiger partial charge < -0.3 is 15.5 Å². The Morgan fingerprint density at radius 2 is 1.89 bits per heavy atom. The summed E-state index contributed by atoms with van der Waals surface area (Å²) in [6.07, 6.45) is 6.25. The quantitative estimate of drug-likeness (QED) is 0.278. The van der Waals surface area contributed by atoms with Crippen LogP contribution in [-0.4, -0.2) is 51.1 Å². The Labute approximate surface area is 136 Å². The molecular formula is C14H33IN4. The third-order valence-electron chi connectivity index (χ3n) is 2.92. The van der Waals surface area contributed by atoms with Crippen molar-refractivity contribution in [3.8, 4) is 0 Å². The van der Waals surface area contributed by atoms with E-state index >= 15 is 0 Å². The molecule has 5 heteroatoms. The van der Waals surface area contributed by atoms with E-state index < -0.39 is 0 Å². The van der Waals surface area contributed by atoms with Crippen LogP contribution in [0, 0.1) is 0 Å². The van der Waals surface area contributed by atoms with Gasteiger partial charge in [0.25, 0.3) is 0 Å². The van der Waals surface area contributed by atoms with Crippen LogP contribution in [0.4, 0.5) is 0 Å². The highest BCUT2D eigenvalue weighted by molar-refractivity contribution is 14.0. The number of nitrogens with one attached hydrogen (secondary N) is 2. The third-order valence-corrected chi connectivity index (χ3v) is 2.92. The van der Waals surface area contributed by atoms with Gasteiger partial charge in [-0.05, 0) is 40.4 Å². The fourth-order valence-electron chi connectivity index (χ4n) is 1.80. The smallest absolute Gasteiger partial charge is 0.191 e. The van der Waals surface area contributed by atoms with E-state index in [1.165, 1.54) is 25.7 Å². The molecule has 0 saturated carbocycles. The van der Waals surface area contributed by atoms with Crippen molar-refractivity contribution in [2.75, 3.05) is 34.2 Å². The average molecular weight is 384 g/mol. The maximum Gasteiger partial charge on any atom is 0.191 e. The van der Waals surface area contributed by atoms with Gasteiger partial charge >= 0.3 is 0 Å². The van der Waals surface area contributed by atoms with Crippen LogP contribution >= 0.6 is 24.0 Å². The van der Waals surface area contributed by atoms with Crippen LogP contribution in [0.5, 0.6) is 0 Å². The monoisotopic (exact) mass is 384 g/mol. The second-order valence-electron chi connectivity index (χ2n) is 5.20. The van der Waals surface area contributed by atoms with E-state index in [0.717, 1.165) is 25.5 Å². The van der Waals surface area contributed by atoms with Gasteiger partial charge in [-0.2, -0.15) is 0 Å². The standard InChI is InChI=1S/C14H32N4.HI/c1-6-7-8-10-13(2)17-14(15-3)16-11-9-12-18(4)5;/h13H,6-12H2,1-5H3,(H2,15,16,17);1H. The molecule has 0 spiro atoms. The Kier molecular flexibility index (Phi) is 16.1. The minimum absolute atomic E-state index is 0. The molecule has 0 radical (unpaired) electrons. The molecule has 0 rings (SSSR count). The summed E-state index contributed by atoms with van der Waals surface area (Å²) < 4.78 is 0. The van der Waals surface area contributed by atoms with E-state index in [2.05, 4.69) is 48.5 Å². The van der Waals surface area contributed by atoms with E-state index in [-0.39, 0.29) is 24.0 Å². The van der Waals surface area contributed by atoms with E-state index in [4.69, 9.17) is 0 Å². The first-order chi connectivity index (χ1) is 8.60. The molecule has 0 aliphatic heterocycles. The van der Waals surface area contributed by atoms with Crippen LogP contribution in [0.3, 0.4) is 0 Å². The highest BCUT2D eigenvalue weighted by atomic mass is 127. The predicted octanol–water partition coefficient (Wildman–Crippen LogP) is 2.69. The molecule has 0 fully saturated rings. The molecule has 116 valence electrons. The van der Waals surface area contributed by atoms with Crippen LogP contribution in [0.25, 0.3) is 0 Å². The number of aliphatic imine (C=N–C) groups is 1. The molecule has 1 atom stereocenters. The Bertz CT molecular complexity index is 219. The Balaban J connectivity index is 0. The van der Waals surface area contributed by atoms with Crippen LogP contribution < -0.4 is 10.6 Å². The fourth-order valence-corrected chi connectivity index (χ4v) is 1.80. The summed E-state index contributed by atoms with van der Waals surface area (Å²) in [6, 6.07) is 0.497. The Morgan fingerprint density at radius 3 is 2.42 bits per heavy atom. The van der Waals surface area contributed by atoms with Crippen molar-refractivity contribution in [1.82, 2.24) is 15.5 Å². The average Bonchev–Trinajstić information content (AvgIpc) is 2.33. The highest BCUT2D eigenvalue weighted by Gasteiger charge is 2.04. The van der Waals surface area contributed by atoms with Gasteiger partial charge in [-0.15, -0.1) is 24.0 Å². The van der Waals surface area contributed by atoms with E-state index in [9.17, 15) is 0 Å². The van der Waals surface area contributed by atoms with Crippen molar-refractivity contribution in [3.05, 3.63) is 0 Å². The number of guanidine groups is 1. The van der Waals surface area contributed by atoms with Crippen LogP contribution in [0.2, 0.25) is 0 Å². The summed E-state index contributed by atoms with van der Waals surface area (Å²) in [5.74, 6) is 0.928. The van der Waals surface area contributed by atoms with Gasteiger partial charge in [0.05, 0.1) is 0 Å². The SMILES string of the molecule is CCCCCC(C)NC(=NC)NCCCN(C)C.I. The third kappa shape index (κ3) is 14.2. The molecule has 0 aromatic heterocycles. The summed E-state index contributed by atoms with van der Waals surface area (Å²) in [5.41, 5.74) is 0. The lowest BCUT2D eigenvalue weighted by Crippen LogP contribution is -2.42. The van der Waals surface area contributed by atoms with Crippen LogP contribution in [-0.2, 0) is 0 Å². The van der Waals surface area contributed by atoms with Crippen LogP contribution in [0.15, 0.2) is 4.99 Å². The highest BCUT2D eigenvalue weighted by Crippen LogP contribution is 2.02. The van der Waals surface area contributed by atoms with Gasteiger partial charge in [0.15, 0.2) is 5.96 Å². The zero-order valence-corrected chi connectivity index (χ0v) is 15.7. The number of hydrogen-bond acceptors (Lipinski definition) is 2. The molecule has 1 unspecified atom stereocenters. The van der Waals surface area contributed by atoms with E-state index in [1.54, 1.807) is 0 Å². The second-order valence-corrected chi connectivity index (χ2v) is 5.20.